The molecule has 1 aliphatic heterocycles. The van der Waals surface area contributed by atoms with Crippen LogP contribution < -0.4 is 4.90 Å². The first-order chi connectivity index (χ1) is 15.7. The number of thioether (sulfide) groups is 1. The number of imide groups is 1. The van der Waals surface area contributed by atoms with Gasteiger partial charge >= 0.3 is 0 Å². The maximum Gasteiger partial charge on any atom is 0.265 e. The van der Waals surface area contributed by atoms with Crippen LogP contribution in [0.2, 0.25) is 0 Å². The molecule has 0 bridgehead atoms. The Morgan fingerprint density at radius 3 is 2.38 bits per heavy atom. The van der Waals surface area contributed by atoms with Crippen molar-refractivity contribution in [3.05, 3.63) is 95.8 Å². The smallest absolute Gasteiger partial charge is 0.265 e. The number of fused-ring (bicyclic) bond motifs is 1. The summed E-state index contributed by atoms with van der Waals surface area (Å²) in [5.74, 6) is 0.137. The van der Waals surface area contributed by atoms with Crippen LogP contribution in [0.1, 0.15) is 26.4 Å². The Balaban J connectivity index is 1.35. The van der Waals surface area contributed by atoms with Crippen LogP contribution in [0, 0.1) is 0 Å². The Hall–Kier alpha value is -3.55. The van der Waals surface area contributed by atoms with Crippen molar-refractivity contribution in [2.75, 3.05) is 4.90 Å². The number of aromatic nitrogens is 2. The quantitative estimate of drug-likeness (QED) is 0.249. The van der Waals surface area contributed by atoms with Crippen molar-refractivity contribution in [2.45, 2.75) is 10.1 Å². The molecule has 32 heavy (non-hydrogen) atoms. The molecule has 0 saturated carbocycles. The minimum Gasteiger partial charge on any atom is -0.268 e. The molecule has 0 radical (unpaired) electrons. The molecule has 2 amide bonds. The lowest BCUT2D eigenvalue weighted by Crippen LogP contribution is -2.40. The van der Waals surface area contributed by atoms with Crippen LogP contribution in [0.15, 0.2) is 83.3 Å². The van der Waals surface area contributed by atoms with Crippen LogP contribution in [-0.4, -0.2) is 21.8 Å². The van der Waals surface area contributed by atoms with E-state index >= 15 is 0 Å². The normalized spacial score (nSPS) is 13.3. The van der Waals surface area contributed by atoms with Crippen LogP contribution in [0.3, 0.4) is 0 Å². The average molecular weight is 454 g/mol. The van der Waals surface area contributed by atoms with Crippen LogP contribution in [0.5, 0.6) is 0 Å². The second kappa shape index (κ2) is 7.55. The number of carbonyl (C=O) groups is 2. The maximum absolute atomic E-state index is 13.3. The van der Waals surface area contributed by atoms with Crippen LogP contribution >= 0.6 is 23.1 Å². The van der Waals surface area contributed by atoms with Gasteiger partial charge in [0.05, 0.1) is 21.6 Å². The van der Waals surface area contributed by atoms with Gasteiger partial charge in [-0.3, -0.25) is 14.6 Å². The Morgan fingerprint density at radius 2 is 1.66 bits per heavy atom. The number of hydrogen-bond acceptors (Lipinski definition) is 6. The first kappa shape index (κ1) is 19.2. The topological polar surface area (TPSA) is 63.2 Å². The summed E-state index contributed by atoms with van der Waals surface area (Å²) in [6.45, 7) is 0. The molecule has 154 valence electrons. The molecule has 0 atom stereocenters. The van der Waals surface area contributed by atoms with Crippen molar-refractivity contribution >= 4 is 61.6 Å². The second-order valence-electron chi connectivity index (χ2n) is 7.40. The Morgan fingerprint density at radius 1 is 0.875 bits per heavy atom. The van der Waals surface area contributed by atoms with E-state index in [4.69, 9.17) is 0 Å². The number of pyridine rings is 1. The monoisotopic (exact) mass is 453 g/mol. The van der Waals surface area contributed by atoms with Crippen LogP contribution in [-0.2, 0) is 5.75 Å². The molecular weight excluding hydrogens is 438 g/mol. The zero-order chi connectivity index (χ0) is 21.7. The van der Waals surface area contributed by atoms with Gasteiger partial charge in [0.25, 0.3) is 11.8 Å². The zero-order valence-corrected chi connectivity index (χ0v) is 18.3. The molecule has 6 rings (SSSR count). The molecule has 5 nitrogen and oxygen atoms in total. The third kappa shape index (κ3) is 3.09. The Bertz CT molecular complexity index is 1480. The minimum atomic E-state index is -0.298. The molecule has 0 N–H and O–H groups in total. The van der Waals surface area contributed by atoms with E-state index in [2.05, 4.69) is 9.97 Å². The predicted octanol–water partition coefficient (Wildman–Crippen LogP) is 5.94. The highest BCUT2D eigenvalue weighted by molar-refractivity contribution is 8.00. The fourth-order valence-corrected chi connectivity index (χ4v) is 5.99. The van der Waals surface area contributed by atoms with E-state index in [1.165, 1.54) is 4.90 Å². The summed E-state index contributed by atoms with van der Waals surface area (Å²) in [6, 6.07) is 22.5. The number of benzene rings is 3. The lowest BCUT2D eigenvalue weighted by atomic mass is 9.94. The van der Waals surface area contributed by atoms with Crippen molar-refractivity contribution < 1.29 is 9.59 Å². The summed E-state index contributed by atoms with van der Waals surface area (Å²) in [5, 5.41) is 1.63. The lowest BCUT2D eigenvalue weighted by molar-refractivity contribution is 0.0893. The van der Waals surface area contributed by atoms with E-state index in [1.54, 1.807) is 47.5 Å². The van der Waals surface area contributed by atoms with Gasteiger partial charge in [-0.15, -0.1) is 11.3 Å². The number of carbonyl (C=O) groups excluding carboxylic acids is 2. The molecule has 0 spiro atoms. The van der Waals surface area contributed by atoms with Gasteiger partial charge in [-0.2, -0.15) is 0 Å². The van der Waals surface area contributed by atoms with Crippen molar-refractivity contribution in [3.63, 3.8) is 0 Å². The van der Waals surface area contributed by atoms with E-state index in [0.29, 0.717) is 16.8 Å². The van der Waals surface area contributed by atoms with Crippen molar-refractivity contribution in [2.24, 2.45) is 0 Å². The Kier molecular flexibility index (Phi) is 4.52. The number of hydrogen-bond donors (Lipinski definition) is 0. The fraction of sp³-hybridized carbons (Fsp3) is 0.0400. The third-order valence-electron chi connectivity index (χ3n) is 5.45. The van der Waals surface area contributed by atoms with Gasteiger partial charge in [0.15, 0.2) is 4.34 Å². The maximum atomic E-state index is 13.3. The third-order valence-corrected chi connectivity index (χ3v) is 7.65. The highest BCUT2D eigenvalue weighted by atomic mass is 32.2. The van der Waals surface area contributed by atoms with E-state index in [0.717, 1.165) is 36.8 Å². The van der Waals surface area contributed by atoms with Gasteiger partial charge in [0.1, 0.15) is 0 Å². The summed E-state index contributed by atoms with van der Waals surface area (Å²) in [4.78, 5) is 36.9. The first-order valence-corrected chi connectivity index (χ1v) is 11.8. The van der Waals surface area contributed by atoms with Gasteiger partial charge in [-0.05, 0) is 47.9 Å². The van der Waals surface area contributed by atoms with Gasteiger partial charge in [0.2, 0.25) is 0 Å². The van der Waals surface area contributed by atoms with E-state index < -0.39 is 0 Å². The predicted molar refractivity (Wildman–Crippen MR) is 129 cm³/mol. The first-order valence-electron chi connectivity index (χ1n) is 10.0. The fourth-order valence-electron chi connectivity index (χ4n) is 3.98. The highest BCUT2D eigenvalue weighted by Gasteiger charge is 2.34. The molecule has 0 saturated heterocycles. The average Bonchev–Trinajstić information content (AvgIpc) is 3.24. The number of anilines is 1. The summed E-state index contributed by atoms with van der Waals surface area (Å²) in [7, 11) is 0. The summed E-state index contributed by atoms with van der Waals surface area (Å²) < 4.78 is 1.86. The summed E-state index contributed by atoms with van der Waals surface area (Å²) >= 11 is 3.18. The standard InChI is InChI=1S/C25H15N3O2S2/c29-23-18-8-3-5-15-6-4-9-19(22(15)18)24(30)28(23)17-10-11-20-21(13-17)32-25(27-20)31-14-16-7-1-2-12-26-16/h1-13H,14H2. The molecular formula is C25H15N3O2S2. The van der Waals surface area contributed by atoms with E-state index in [9.17, 15) is 9.59 Å². The van der Waals surface area contributed by atoms with E-state index in [-0.39, 0.29) is 11.8 Å². The number of rotatable bonds is 4. The summed E-state index contributed by atoms with van der Waals surface area (Å²) in [5.41, 5.74) is 3.50. The summed E-state index contributed by atoms with van der Waals surface area (Å²) in [6.07, 6.45) is 1.78. The van der Waals surface area contributed by atoms with Gasteiger partial charge in [-0.25, -0.2) is 9.88 Å². The molecule has 3 aromatic carbocycles. The molecule has 2 aromatic heterocycles. The largest absolute Gasteiger partial charge is 0.268 e. The molecule has 1 aliphatic rings. The van der Waals surface area contributed by atoms with Gasteiger partial charge in [0, 0.05) is 28.5 Å². The molecule has 0 aliphatic carbocycles. The van der Waals surface area contributed by atoms with Crippen molar-refractivity contribution in [1.29, 1.82) is 0 Å². The zero-order valence-electron chi connectivity index (χ0n) is 16.7. The van der Waals surface area contributed by atoms with E-state index in [1.807, 2.05) is 54.6 Å². The second-order valence-corrected chi connectivity index (χ2v) is 9.65. The SMILES string of the molecule is O=C1c2cccc3cccc(c23)C(=O)N1c1ccc2nc(SCc3ccccn3)sc2c1. The number of thiazole rings is 1. The van der Waals surface area contributed by atoms with Gasteiger partial charge in [-0.1, -0.05) is 42.1 Å². The minimum absolute atomic E-state index is 0.298. The lowest BCUT2D eigenvalue weighted by Gasteiger charge is -2.27. The van der Waals surface area contributed by atoms with Gasteiger partial charge < -0.3 is 0 Å². The Labute approximate surface area is 191 Å². The van der Waals surface area contributed by atoms with Crippen LogP contribution in [0.25, 0.3) is 21.0 Å². The van der Waals surface area contributed by atoms with Crippen molar-refractivity contribution in [3.8, 4) is 0 Å². The molecule has 0 fully saturated rings. The molecule has 0 unspecified atom stereocenters. The van der Waals surface area contributed by atoms with Crippen LogP contribution in [0.4, 0.5) is 5.69 Å². The number of nitrogens with zero attached hydrogens (tertiary/aromatic N) is 3. The molecule has 3 heterocycles. The molecule has 5 aromatic rings. The number of amides is 2. The highest BCUT2D eigenvalue weighted by Crippen LogP contribution is 2.36. The molecule has 7 heteroatoms. The van der Waals surface area contributed by atoms with Crippen molar-refractivity contribution in [1.82, 2.24) is 9.97 Å².